The fourth-order valence-electron chi connectivity index (χ4n) is 3.34. The number of aryl methyl sites for hydroxylation is 1. The molecule has 1 heterocycles. The van der Waals surface area contributed by atoms with Crippen LogP contribution in [-0.2, 0) is 14.8 Å². The molecular formula is C24H23FN2O5S. The summed E-state index contributed by atoms with van der Waals surface area (Å²) in [5.74, 6) is 0.174. The van der Waals surface area contributed by atoms with Gasteiger partial charge in [0.05, 0.1) is 17.1 Å². The van der Waals surface area contributed by atoms with Gasteiger partial charge in [-0.05, 0) is 55.5 Å². The number of nitrogens with one attached hydrogen (secondary N) is 1. The lowest BCUT2D eigenvalue weighted by atomic mass is 10.2. The Bertz CT molecular complexity index is 1230. The number of para-hydroxylation sites is 2. The summed E-state index contributed by atoms with van der Waals surface area (Å²) >= 11 is 0. The fourth-order valence-corrected chi connectivity index (χ4v) is 4.76. The Morgan fingerprint density at radius 1 is 1.03 bits per heavy atom. The van der Waals surface area contributed by atoms with E-state index in [1.54, 1.807) is 24.3 Å². The molecule has 0 radical (unpaired) electrons. The Labute approximate surface area is 191 Å². The van der Waals surface area contributed by atoms with Gasteiger partial charge in [0.25, 0.3) is 10.0 Å². The van der Waals surface area contributed by atoms with Crippen LogP contribution in [0.5, 0.6) is 11.5 Å². The third kappa shape index (κ3) is 5.25. The number of nitrogens with zero attached hydrogens (tertiary/aromatic N) is 1. The third-order valence-corrected chi connectivity index (χ3v) is 6.89. The van der Waals surface area contributed by atoms with Gasteiger partial charge in [0.15, 0.2) is 11.5 Å². The first-order valence-electron chi connectivity index (χ1n) is 10.3. The quantitative estimate of drug-likeness (QED) is 0.573. The topological polar surface area (TPSA) is 84.9 Å². The van der Waals surface area contributed by atoms with Gasteiger partial charge in [-0.25, -0.2) is 12.8 Å². The standard InChI is InChI=1S/C24H23FN2O5S/c1-17-6-12-21(13-7-17)33(29,30)27(19-10-8-18(25)9-11-19)15-24(28)26-14-20-16-31-22-4-2-3-5-23(22)32-20/h2-13,20H,14-16H2,1H3,(H,26,28)/t20-/m0/s1. The Balaban J connectivity index is 1.49. The molecule has 0 spiro atoms. The maximum absolute atomic E-state index is 13.4. The van der Waals surface area contributed by atoms with E-state index in [4.69, 9.17) is 9.47 Å². The van der Waals surface area contributed by atoms with Crippen molar-refractivity contribution in [2.45, 2.75) is 17.9 Å². The molecule has 1 atom stereocenters. The summed E-state index contributed by atoms with van der Waals surface area (Å²) in [5.41, 5.74) is 1.08. The van der Waals surface area contributed by atoms with Gasteiger partial charge in [-0.3, -0.25) is 9.10 Å². The van der Waals surface area contributed by atoms with Crippen molar-refractivity contribution in [2.24, 2.45) is 0 Å². The first-order chi connectivity index (χ1) is 15.8. The van der Waals surface area contributed by atoms with Crippen LogP contribution in [0.1, 0.15) is 5.56 Å². The van der Waals surface area contributed by atoms with Crippen molar-refractivity contribution < 1.29 is 27.1 Å². The van der Waals surface area contributed by atoms with E-state index in [2.05, 4.69) is 5.32 Å². The highest BCUT2D eigenvalue weighted by Gasteiger charge is 2.28. The Hall–Kier alpha value is -3.59. The van der Waals surface area contributed by atoms with Crippen LogP contribution >= 0.6 is 0 Å². The molecule has 0 saturated heterocycles. The number of ether oxygens (including phenoxy) is 2. The molecule has 1 amide bonds. The number of anilines is 1. The molecule has 0 saturated carbocycles. The van der Waals surface area contributed by atoms with Gasteiger partial charge >= 0.3 is 0 Å². The Morgan fingerprint density at radius 2 is 1.70 bits per heavy atom. The zero-order chi connectivity index (χ0) is 23.4. The van der Waals surface area contributed by atoms with Gasteiger partial charge in [-0.15, -0.1) is 0 Å². The van der Waals surface area contributed by atoms with Crippen molar-refractivity contribution in [1.29, 1.82) is 0 Å². The van der Waals surface area contributed by atoms with E-state index >= 15 is 0 Å². The predicted octanol–water partition coefficient (Wildman–Crippen LogP) is 3.29. The highest BCUT2D eigenvalue weighted by Crippen LogP contribution is 2.30. The number of hydrogen-bond acceptors (Lipinski definition) is 5. The summed E-state index contributed by atoms with van der Waals surface area (Å²) in [6, 6.07) is 18.5. The van der Waals surface area contributed by atoms with Crippen LogP contribution in [-0.4, -0.2) is 40.1 Å². The van der Waals surface area contributed by atoms with Gasteiger partial charge in [0, 0.05) is 0 Å². The van der Waals surface area contributed by atoms with Crippen molar-refractivity contribution in [2.75, 3.05) is 24.0 Å². The smallest absolute Gasteiger partial charge is 0.264 e. The first-order valence-corrected chi connectivity index (χ1v) is 11.8. The molecule has 0 aliphatic carbocycles. The van der Waals surface area contributed by atoms with Crippen LogP contribution in [0.25, 0.3) is 0 Å². The molecule has 33 heavy (non-hydrogen) atoms. The van der Waals surface area contributed by atoms with E-state index in [-0.39, 0.29) is 23.7 Å². The largest absolute Gasteiger partial charge is 0.486 e. The molecule has 7 nitrogen and oxygen atoms in total. The maximum Gasteiger partial charge on any atom is 0.264 e. The molecule has 3 aromatic rings. The maximum atomic E-state index is 13.4. The minimum absolute atomic E-state index is 0.0332. The average molecular weight is 471 g/mol. The summed E-state index contributed by atoms with van der Waals surface area (Å²) in [7, 11) is -4.07. The van der Waals surface area contributed by atoms with Crippen LogP contribution in [0.4, 0.5) is 10.1 Å². The zero-order valence-corrected chi connectivity index (χ0v) is 18.7. The minimum Gasteiger partial charge on any atom is -0.486 e. The molecule has 0 aromatic heterocycles. The van der Waals surface area contributed by atoms with Gasteiger partial charge in [-0.1, -0.05) is 29.8 Å². The molecule has 172 valence electrons. The van der Waals surface area contributed by atoms with E-state index in [1.165, 1.54) is 24.3 Å². The lowest BCUT2D eigenvalue weighted by Gasteiger charge is -2.27. The first kappa shape index (κ1) is 22.6. The minimum atomic E-state index is -4.07. The van der Waals surface area contributed by atoms with Crippen molar-refractivity contribution in [1.82, 2.24) is 5.32 Å². The molecule has 0 unspecified atom stereocenters. The monoisotopic (exact) mass is 470 g/mol. The number of halogens is 1. The van der Waals surface area contributed by atoms with Gasteiger partial charge in [-0.2, -0.15) is 0 Å². The molecule has 9 heteroatoms. The number of sulfonamides is 1. The normalized spacial score (nSPS) is 15.0. The lowest BCUT2D eigenvalue weighted by Crippen LogP contribution is -2.45. The van der Waals surface area contributed by atoms with E-state index in [1.807, 2.05) is 19.1 Å². The highest BCUT2D eigenvalue weighted by atomic mass is 32.2. The van der Waals surface area contributed by atoms with E-state index in [9.17, 15) is 17.6 Å². The molecule has 0 fully saturated rings. The molecule has 1 aliphatic heterocycles. The van der Waals surface area contributed by atoms with Crippen LogP contribution in [0.3, 0.4) is 0 Å². The molecular weight excluding hydrogens is 447 g/mol. The summed E-state index contributed by atoms with van der Waals surface area (Å²) in [6.45, 7) is 1.75. The van der Waals surface area contributed by atoms with Crippen molar-refractivity contribution >= 4 is 21.6 Å². The van der Waals surface area contributed by atoms with Crippen molar-refractivity contribution in [3.05, 3.63) is 84.2 Å². The van der Waals surface area contributed by atoms with Gasteiger partial charge in [0.2, 0.25) is 5.91 Å². The number of carbonyl (C=O) groups excluding carboxylic acids is 1. The van der Waals surface area contributed by atoms with Gasteiger partial charge in [0.1, 0.15) is 25.1 Å². The molecule has 1 N–H and O–H groups in total. The van der Waals surface area contributed by atoms with E-state index < -0.39 is 34.4 Å². The summed E-state index contributed by atoms with van der Waals surface area (Å²) in [4.78, 5) is 12.8. The second-order valence-electron chi connectivity index (χ2n) is 7.60. The number of amides is 1. The van der Waals surface area contributed by atoms with E-state index in [0.717, 1.165) is 22.0 Å². The number of hydrogen-bond donors (Lipinski definition) is 1. The number of benzene rings is 3. The van der Waals surface area contributed by atoms with Crippen LogP contribution in [0.15, 0.2) is 77.7 Å². The summed E-state index contributed by atoms with van der Waals surface area (Å²) < 4.78 is 52.5. The number of fused-ring (bicyclic) bond motifs is 1. The van der Waals surface area contributed by atoms with Gasteiger partial charge < -0.3 is 14.8 Å². The van der Waals surface area contributed by atoms with Crippen LogP contribution in [0, 0.1) is 12.7 Å². The fraction of sp³-hybridized carbons (Fsp3) is 0.208. The lowest BCUT2D eigenvalue weighted by molar-refractivity contribution is -0.120. The zero-order valence-electron chi connectivity index (χ0n) is 17.9. The summed E-state index contributed by atoms with van der Waals surface area (Å²) in [5, 5.41) is 2.70. The SMILES string of the molecule is Cc1ccc(S(=O)(=O)N(CC(=O)NC[C@H]2COc3ccccc3O2)c2ccc(F)cc2)cc1. The van der Waals surface area contributed by atoms with Crippen LogP contribution in [0.2, 0.25) is 0 Å². The summed E-state index contributed by atoms with van der Waals surface area (Å²) in [6.07, 6.45) is -0.420. The third-order valence-electron chi connectivity index (χ3n) is 5.11. The molecule has 0 bridgehead atoms. The highest BCUT2D eigenvalue weighted by molar-refractivity contribution is 7.92. The second-order valence-corrected chi connectivity index (χ2v) is 9.47. The van der Waals surface area contributed by atoms with Crippen LogP contribution < -0.4 is 19.1 Å². The van der Waals surface area contributed by atoms with Crippen molar-refractivity contribution in [3.63, 3.8) is 0 Å². The van der Waals surface area contributed by atoms with Crippen molar-refractivity contribution in [3.8, 4) is 11.5 Å². The second kappa shape index (κ2) is 9.50. The number of carbonyl (C=O) groups is 1. The Morgan fingerprint density at radius 3 is 2.39 bits per heavy atom. The predicted molar refractivity (Wildman–Crippen MR) is 121 cm³/mol. The molecule has 1 aliphatic rings. The average Bonchev–Trinajstić information content (AvgIpc) is 2.82. The van der Waals surface area contributed by atoms with E-state index in [0.29, 0.717) is 11.5 Å². The Kier molecular flexibility index (Phi) is 6.50. The molecule has 3 aromatic carbocycles. The molecule has 4 rings (SSSR count). The number of rotatable bonds is 7.